The minimum atomic E-state index is 0.250. The van der Waals surface area contributed by atoms with E-state index in [-0.39, 0.29) is 5.95 Å². The normalized spacial score (nSPS) is 24.1. The van der Waals surface area contributed by atoms with Crippen molar-refractivity contribution in [3.8, 4) is 5.82 Å². The number of aromatic nitrogens is 5. The van der Waals surface area contributed by atoms with Crippen LogP contribution in [-0.2, 0) is 0 Å². The lowest BCUT2D eigenvalue weighted by atomic mass is 9.93. The summed E-state index contributed by atoms with van der Waals surface area (Å²) in [6.07, 6.45) is 7.28. The fourth-order valence-electron chi connectivity index (χ4n) is 6.40. The van der Waals surface area contributed by atoms with Crippen molar-refractivity contribution >= 4 is 56.4 Å². The molecular weight excluding hydrogens is 494 g/mol. The number of nitrogens with one attached hydrogen (secondary N) is 1. The molecule has 3 aromatic heterocycles. The van der Waals surface area contributed by atoms with Gasteiger partial charge in [-0.15, -0.1) is 16.4 Å². The molecular formula is C25H28ClN9S. The van der Waals surface area contributed by atoms with E-state index in [9.17, 15) is 0 Å². The number of hydrogen-bond acceptors (Lipinski definition) is 9. The maximum atomic E-state index is 6.75. The molecule has 3 N–H and O–H groups in total. The number of hydrogen-bond donors (Lipinski definition) is 2. The number of piperazine rings is 1. The fraction of sp³-hybridized carbons (Fsp3) is 0.440. The molecule has 4 aromatic rings. The Bertz CT molecular complexity index is 1410. The first kappa shape index (κ1) is 22.3. The maximum absolute atomic E-state index is 6.75. The Hall–Kier alpha value is -2.95. The van der Waals surface area contributed by atoms with Crippen molar-refractivity contribution in [3.05, 3.63) is 41.0 Å². The molecule has 186 valence electrons. The van der Waals surface area contributed by atoms with Crippen molar-refractivity contribution in [2.75, 3.05) is 42.1 Å². The molecule has 0 spiro atoms. The van der Waals surface area contributed by atoms with Gasteiger partial charge in [-0.1, -0.05) is 18.0 Å². The highest BCUT2D eigenvalue weighted by Gasteiger charge is 2.42. The summed E-state index contributed by atoms with van der Waals surface area (Å²) >= 11 is 8.29. The predicted octanol–water partition coefficient (Wildman–Crippen LogP) is 4.56. The summed E-state index contributed by atoms with van der Waals surface area (Å²) in [5, 5.41) is 11.3. The van der Waals surface area contributed by atoms with E-state index < -0.39 is 0 Å². The minimum Gasteiger partial charge on any atom is -0.368 e. The lowest BCUT2D eigenvalue weighted by Gasteiger charge is -2.42. The van der Waals surface area contributed by atoms with E-state index in [1.807, 2.05) is 23.6 Å². The monoisotopic (exact) mass is 521 g/mol. The van der Waals surface area contributed by atoms with Gasteiger partial charge in [0.1, 0.15) is 11.2 Å². The van der Waals surface area contributed by atoms with Crippen LogP contribution in [-0.4, -0.2) is 61.9 Å². The Morgan fingerprint density at radius 1 is 1.06 bits per heavy atom. The third-order valence-electron chi connectivity index (χ3n) is 8.10. The van der Waals surface area contributed by atoms with Gasteiger partial charge in [-0.3, -0.25) is 4.90 Å². The fourth-order valence-corrected chi connectivity index (χ4v) is 7.43. The molecule has 1 aliphatic heterocycles. The second kappa shape index (κ2) is 8.86. The summed E-state index contributed by atoms with van der Waals surface area (Å²) in [5.41, 5.74) is 8.06. The van der Waals surface area contributed by atoms with Gasteiger partial charge in [-0.2, -0.15) is 9.67 Å². The molecule has 11 heteroatoms. The van der Waals surface area contributed by atoms with Crippen LogP contribution in [0.25, 0.3) is 16.0 Å². The molecule has 1 saturated heterocycles. The molecule has 0 amide bonds. The van der Waals surface area contributed by atoms with Crippen molar-refractivity contribution < 1.29 is 0 Å². The highest BCUT2D eigenvalue weighted by atomic mass is 35.5. The average Bonchev–Trinajstić information content (AvgIpc) is 3.69. The Morgan fingerprint density at radius 3 is 2.72 bits per heavy atom. The van der Waals surface area contributed by atoms with Crippen LogP contribution >= 0.6 is 22.9 Å². The van der Waals surface area contributed by atoms with Crippen LogP contribution in [0.5, 0.6) is 0 Å². The van der Waals surface area contributed by atoms with Crippen LogP contribution in [0.15, 0.2) is 36.0 Å². The summed E-state index contributed by atoms with van der Waals surface area (Å²) in [6.45, 7) is 4.26. The van der Waals surface area contributed by atoms with Crippen molar-refractivity contribution in [1.82, 2.24) is 29.6 Å². The number of thiophene rings is 1. The van der Waals surface area contributed by atoms with Gasteiger partial charge in [0, 0.05) is 37.9 Å². The number of rotatable bonds is 5. The number of anilines is 4. The SMILES string of the molecule is Nc1nc(Nc2ccc(N3CCN(C4CC5CCC4C5)CC3)c(Cl)c2)nn1-c1ncnc2sccc12. The number of fused-ring (bicyclic) bond motifs is 3. The van der Waals surface area contributed by atoms with Crippen LogP contribution in [0.3, 0.4) is 0 Å². The Kier molecular flexibility index (Phi) is 5.48. The molecule has 9 nitrogen and oxygen atoms in total. The van der Waals surface area contributed by atoms with Crippen molar-refractivity contribution in [3.63, 3.8) is 0 Å². The summed E-state index contributed by atoms with van der Waals surface area (Å²) < 4.78 is 1.53. The number of benzene rings is 1. The predicted molar refractivity (Wildman–Crippen MR) is 145 cm³/mol. The number of halogens is 1. The van der Waals surface area contributed by atoms with Crippen LogP contribution in [0.1, 0.15) is 25.7 Å². The van der Waals surface area contributed by atoms with Gasteiger partial charge < -0.3 is 16.0 Å². The van der Waals surface area contributed by atoms with Crippen LogP contribution < -0.4 is 16.0 Å². The zero-order chi connectivity index (χ0) is 24.2. The van der Waals surface area contributed by atoms with Crippen molar-refractivity contribution in [2.24, 2.45) is 11.8 Å². The Morgan fingerprint density at radius 2 is 1.94 bits per heavy atom. The van der Waals surface area contributed by atoms with Crippen LogP contribution in [0.2, 0.25) is 5.02 Å². The van der Waals surface area contributed by atoms with Crippen LogP contribution in [0, 0.1) is 11.8 Å². The molecule has 2 aliphatic carbocycles. The lowest BCUT2D eigenvalue weighted by Crippen LogP contribution is -2.51. The van der Waals surface area contributed by atoms with Gasteiger partial charge in [-0.05, 0) is 60.7 Å². The summed E-state index contributed by atoms with van der Waals surface area (Å²) in [5.74, 6) is 3.17. The Balaban J connectivity index is 1.04. The van der Waals surface area contributed by atoms with Gasteiger partial charge in [-0.25, -0.2) is 9.97 Å². The zero-order valence-electron chi connectivity index (χ0n) is 19.8. The maximum Gasteiger partial charge on any atom is 0.248 e. The van der Waals surface area contributed by atoms with E-state index >= 15 is 0 Å². The zero-order valence-corrected chi connectivity index (χ0v) is 21.4. The van der Waals surface area contributed by atoms with E-state index in [0.717, 1.165) is 70.7 Å². The molecule has 2 saturated carbocycles. The molecule has 3 unspecified atom stereocenters. The topological polar surface area (TPSA) is 101 Å². The molecule has 36 heavy (non-hydrogen) atoms. The van der Waals surface area contributed by atoms with Crippen molar-refractivity contribution in [1.29, 1.82) is 0 Å². The van der Waals surface area contributed by atoms with E-state index in [2.05, 4.69) is 41.2 Å². The second-order valence-corrected chi connectivity index (χ2v) is 11.4. The Labute approximate surface area is 218 Å². The lowest BCUT2D eigenvalue weighted by molar-refractivity contribution is 0.135. The van der Waals surface area contributed by atoms with Gasteiger partial charge >= 0.3 is 0 Å². The van der Waals surface area contributed by atoms with Gasteiger partial charge in [0.2, 0.25) is 11.9 Å². The number of nitrogens with zero attached hydrogens (tertiary/aromatic N) is 7. The minimum absolute atomic E-state index is 0.250. The first-order chi connectivity index (χ1) is 17.6. The highest BCUT2D eigenvalue weighted by molar-refractivity contribution is 7.16. The summed E-state index contributed by atoms with van der Waals surface area (Å²) in [4.78, 5) is 19.1. The number of nitrogen functional groups attached to an aromatic ring is 1. The third kappa shape index (κ3) is 3.88. The van der Waals surface area contributed by atoms with E-state index in [1.54, 1.807) is 11.3 Å². The van der Waals surface area contributed by atoms with E-state index in [1.165, 1.54) is 36.7 Å². The van der Waals surface area contributed by atoms with E-state index in [0.29, 0.717) is 11.8 Å². The van der Waals surface area contributed by atoms with Crippen molar-refractivity contribution in [2.45, 2.75) is 31.7 Å². The molecule has 4 heterocycles. The van der Waals surface area contributed by atoms with E-state index in [4.69, 9.17) is 17.3 Å². The average molecular weight is 522 g/mol. The first-order valence-corrected chi connectivity index (χ1v) is 13.8. The summed E-state index contributed by atoms with van der Waals surface area (Å²) in [6, 6.07) is 8.79. The van der Waals surface area contributed by atoms with Gasteiger partial charge in [0.05, 0.1) is 16.1 Å². The molecule has 2 bridgehead atoms. The third-order valence-corrected chi connectivity index (χ3v) is 9.23. The standard InChI is InChI=1S/C25H28ClN9S/c26-19-13-17(30-25-31-24(27)35(32-25)22-18-5-10-36-23(18)29-14-28-22)3-4-20(19)33-6-8-34(9-7-33)21-12-15-1-2-16(21)11-15/h3-5,10,13-16,21H,1-2,6-9,11-12H2,(H3,27,30,31,32). The smallest absolute Gasteiger partial charge is 0.248 e. The van der Waals surface area contributed by atoms with Crippen LogP contribution in [0.4, 0.5) is 23.3 Å². The summed E-state index contributed by atoms with van der Waals surface area (Å²) in [7, 11) is 0. The number of nitrogens with two attached hydrogens (primary N) is 1. The largest absolute Gasteiger partial charge is 0.368 e. The highest BCUT2D eigenvalue weighted by Crippen LogP contribution is 2.47. The second-order valence-electron chi connectivity index (χ2n) is 10.1. The first-order valence-electron chi connectivity index (χ1n) is 12.6. The molecule has 0 radical (unpaired) electrons. The quantitative estimate of drug-likeness (QED) is 0.394. The molecule has 3 aliphatic rings. The molecule has 3 atom stereocenters. The molecule has 1 aromatic carbocycles. The van der Waals surface area contributed by atoms with Gasteiger partial charge in [0.25, 0.3) is 0 Å². The molecule has 3 fully saturated rings. The molecule has 7 rings (SSSR count). The van der Waals surface area contributed by atoms with Gasteiger partial charge in [0.15, 0.2) is 5.82 Å².